The Balaban J connectivity index is 2.01. The Hall–Kier alpha value is -1.38. The summed E-state index contributed by atoms with van der Waals surface area (Å²) in [6.07, 6.45) is 10.0. The zero-order chi connectivity index (χ0) is 14.6. The van der Waals surface area contributed by atoms with E-state index >= 15 is 0 Å². The average Bonchev–Trinajstić information content (AvgIpc) is 2.46. The molecular weight excluding hydrogens is 253 g/mol. The Morgan fingerprint density at radius 2 is 1.50 bits per heavy atom. The molecule has 1 aromatic rings. The van der Waals surface area contributed by atoms with Crippen molar-refractivity contribution in [2.24, 2.45) is 0 Å². The SMILES string of the molecule is CCCCCCCCCCNC(=O)c1ccc(F)cc1. The van der Waals surface area contributed by atoms with Gasteiger partial charge in [0.15, 0.2) is 0 Å². The fraction of sp³-hybridized carbons (Fsp3) is 0.588. The lowest BCUT2D eigenvalue weighted by Crippen LogP contribution is -2.24. The minimum absolute atomic E-state index is 0.118. The Bertz CT molecular complexity index is 375. The van der Waals surface area contributed by atoms with E-state index in [-0.39, 0.29) is 11.7 Å². The Kier molecular flexibility index (Phi) is 8.68. The van der Waals surface area contributed by atoms with Crippen LogP contribution in [0, 0.1) is 5.82 Å². The van der Waals surface area contributed by atoms with E-state index in [1.165, 1.54) is 62.8 Å². The molecule has 0 radical (unpaired) electrons. The number of hydrogen-bond donors (Lipinski definition) is 1. The molecule has 0 aliphatic heterocycles. The van der Waals surface area contributed by atoms with Gasteiger partial charge < -0.3 is 5.32 Å². The predicted octanol–water partition coefficient (Wildman–Crippen LogP) is 4.70. The maximum Gasteiger partial charge on any atom is 0.251 e. The number of benzene rings is 1. The van der Waals surface area contributed by atoms with E-state index in [4.69, 9.17) is 0 Å². The number of hydrogen-bond acceptors (Lipinski definition) is 1. The highest BCUT2D eigenvalue weighted by molar-refractivity contribution is 5.94. The van der Waals surface area contributed by atoms with Gasteiger partial charge in [0.25, 0.3) is 5.91 Å². The quantitative estimate of drug-likeness (QED) is 0.618. The average molecular weight is 279 g/mol. The summed E-state index contributed by atoms with van der Waals surface area (Å²) < 4.78 is 12.7. The Morgan fingerprint density at radius 1 is 0.950 bits per heavy atom. The molecule has 0 unspecified atom stereocenters. The normalized spacial score (nSPS) is 10.5. The highest BCUT2D eigenvalue weighted by Crippen LogP contribution is 2.08. The van der Waals surface area contributed by atoms with Crippen LogP contribution in [0.2, 0.25) is 0 Å². The first-order valence-electron chi connectivity index (χ1n) is 7.78. The molecule has 0 saturated heterocycles. The molecule has 112 valence electrons. The molecule has 0 aromatic heterocycles. The summed E-state index contributed by atoms with van der Waals surface area (Å²) in [5.41, 5.74) is 0.519. The molecule has 1 aromatic carbocycles. The van der Waals surface area contributed by atoms with Crippen molar-refractivity contribution in [1.82, 2.24) is 5.32 Å². The van der Waals surface area contributed by atoms with Crippen LogP contribution in [-0.4, -0.2) is 12.5 Å². The van der Waals surface area contributed by atoms with Crippen LogP contribution in [0.15, 0.2) is 24.3 Å². The van der Waals surface area contributed by atoms with Crippen LogP contribution in [0.25, 0.3) is 0 Å². The van der Waals surface area contributed by atoms with Gasteiger partial charge >= 0.3 is 0 Å². The van der Waals surface area contributed by atoms with Gasteiger partial charge in [-0.15, -0.1) is 0 Å². The van der Waals surface area contributed by atoms with Crippen LogP contribution in [0.1, 0.15) is 68.6 Å². The maximum absolute atomic E-state index is 12.7. The predicted molar refractivity (Wildman–Crippen MR) is 81.3 cm³/mol. The maximum atomic E-state index is 12.7. The Labute approximate surface area is 121 Å². The first-order valence-corrected chi connectivity index (χ1v) is 7.78. The summed E-state index contributed by atoms with van der Waals surface area (Å²) in [6.45, 7) is 2.93. The molecule has 0 bridgehead atoms. The van der Waals surface area contributed by atoms with Crippen molar-refractivity contribution in [3.8, 4) is 0 Å². The van der Waals surface area contributed by atoms with Gasteiger partial charge in [0.05, 0.1) is 0 Å². The molecule has 3 heteroatoms. The van der Waals surface area contributed by atoms with Crippen LogP contribution < -0.4 is 5.32 Å². The van der Waals surface area contributed by atoms with Crippen LogP contribution in [0.5, 0.6) is 0 Å². The van der Waals surface area contributed by atoms with E-state index in [1.54, 1.807) is 0 Å². The molecular formula is C17H26FNO. The van der Waals surface area contributed by atoms with Gasteiger partial charge in [-0.25, -0.2) is 4.39 Å². The number of carbonyl (C=O) groups excluding carboxylic acids is 1. The second kappa shape index (κ2) is 10.4. The van der Waals surface area contributed by atoms with Gasteiger partial charge in [-0.05, 0) is 30.7 Å². The van der Waals surface area contributed by atoms with Crippen molar-refractivity contribution < 1.29 is 9.18 Å². The highest BCUT2D eigenvalue weighted by Gasteiger charge is 2.04. The minimum Gasteiger partial charge on any atom is -0.352 e. The fourth-order valence-electron chi connectivity index (χ4n) is 2.16. The molecule has 0 aliphatic carbocycles. The van der Waals surface area contributed by atoms with Crippen molar-refractivity contribution in [2.75, 3.05) is 6.54 Å². The van der Waals surface area contributed by atoms with Crippen LogP contribution in [-0.2, 0) is 0 Å². The monoisotopic (exact) mass is 279 g/mol. The van der Waals surface area contributed by atoms with E-state index in [9.17, 15) is 9.18 Å². The summed E-state index contributed by atoms with van der Waals surface area (Å²) in [5, 5.41) is 2.87. The van der Waals surface area contributed by atoms with E-state index in [2.05, 4.69) is 12.2 Å². The first kappa shape index (κ1) is 16.7. The summed E-state index contributed by atoms with van der Waals surface area (Å²) in [4.78, 5) is 11.7. The first-order chi connectivity index (χ1) is 9.74. The summed E-state index contributed by atoms with van der Waals surface area (Å²) >= 11 is 0. The number of carbonyl (C=O) groups is 1. The third-order valence-corrected chi connectivity index (χ3v) is 3.42. The van der Waals surface area contributed by atoms with Gasteiger partial charge in [0.2, 0.25) is 0 Å². The third-order valence-electron chi connectivity index (χ3n) is 3.42. The van der Waals surface area contributed by atoms with Gasteiger partial charge in [-0.3, -0.25) is 4.79 Å². The molecule has 2 nitrogen and oxygen atoms in total. The smallest absolute Gasteiger partial charge is 0.251 e. The standard InChI is InChI=1S/C17H26FNO/c1-2-3-4-5-6-7-8-9-14-19-17(20)15-10-12-16(18)13-11-15/h10-13H,2-9,14H2,1H3,(H,19,20). The van der Waals surface area contributed by atoms with Crippen molar-refractivity contribution >= 4 is 5.91 Å². The van der Waals surface area contributed by atoms with Crippen LogP contribution in [0.4, 0.5) is 4.39 Å². The highest BCUT2D eigenvalue weighted by atomic mass is 19.1. The number of halogens is 1. The van der Waals surface area contributed by atoms with Crippen molar-refractivity contribution in [3.63, 3.8) is 0 Å². The molecule has 1 amide bonds. The molecule has 0 atom stereocenters. The Morgan fingerprint density at radius 3 is 2.10 bits per heavy atom. The van der Waals surface area contributed by atoms with Crippen molar-refractivity contribution in [3.05, 3.63) is 35.6 Å². The van der Waals surface area contributed by atoms with Gasteiger partial charge in [0, 0.05) is 12.1 Å². The molecule has 20 heavy (non-hydrogen) atoms. The van der Waals surface area contributed by atoms with Gasteiger partial charge in [0.1, 0.15) is 5.82 Å². The number of rotatable bonds is 10. The molecule has 0 spiro atoms. The van der Waals surface area contributed by atoms with Crippen LogP contribution >= 0.6 is 0 Å². The minimum atomic E-state index is -0.315. The molecule has 0 heterocycles. The van der Waals surface area contributed by atoms with Crippen LogP contribution in [0.3, 0.4) is 0 Å². The lowest BCUT2D eigenvalue weighted by molar-refractivity contribution is 0.0953. The zero-order valence-electron chi connectivity index (χ0n) is 12.5. The number of amides is 1. The molecule has 0 fully saturated rings. The largest absolute Gasteiger partial charge is 0.352 e. The lowest BCUT2D eigenvalue weighted by Gasteiger charge is -2.05. The van der Waals surface area contributed by atoms with Gasteiger partial charge in [-0.2, -0.15) is 0 Å². The zero-order valence-corrected chi connectivity index (χ0v) is 12.5. The second-order valence-electron chi connectivity index (χ2n) is 5.24. The molecule has 1 rings (SSSR count). The van der Waals surface area contributed by atoms with E-state index in [1.807, 2.05) is 0 Å². The fourth-order valence-corrected chi connectivity index (χ4v) is 2.16. The van der Waals surface area contributed by atoms with Crippen molar-refractivity contribution in [1.29, 1.82) is 0 Å². The van der Waals surface area contributed by atoms with Crippen molar-refractivity contribution in [2.45, 2.75) is 58.3 Å². The summed E-state index contributed by atoms with van der Waals surface area (Å²) in [7, 11) is 0. The molecule has 0 saturated carbocycles. The van der Waals surface area contributed by atoms with E-state index in [0.717, 1.165) is 12.8 Å². The summed E-state index contributed by atoms with van der Waals surface area (Å²) in [6, 6.07) is 5.65. The topological polar surface area (TPSA) is 29.1 Å². The van der Waals surface area contributed by atoms with E-state index in [0.29, 0.717) is 12.1 Å². The molecule has 0 aliphatic rings. The second-order valence-corrected chi connectivity index (χ2v) is 5.24. The summed E-state index contributed by atoms with van der Waals surface area (Å²) in [5.74, 6) is -0.433. The number of unbranched alkanes of at least 4 members (excludes halogenated alkanes) is 7. The molecule has 1 N–H and O–H groups in total. The third kappa shape index (κ3) is 7.27. The van der Waals surface area contributed by atoms with E-state index < -0.39 is 0 Å². The van der Waals surface area contributed by atoms with Gasteiger partial charge in [-0.1, -0.05) is 51.9 Å². The number of nitrogens with one attached hydrogen (secondary N) is 1. The lowest BCUT2D eigenvalue weighted by atomic mass is 10.1.